The number of esters is 1. The number of nitrogens with zero attached hydrogens (tertiary/aromatic N) is 1. The molecular weight excluding hydrogens is 348 g/mol. The van der Waals surface area contributed by atoms with Gasteiger partial charge in [0.1, 0.15) is 18.4 Å². The second-order valence-corrected chi connectivity index (χ2v) is 6.72. The second kappa shape index (κ2) is 8.50. The highest BCUT2D eigenvalue weighted by molar-refractivity contribution is 9.10. The molecule has 0 spiro atoms. The maximum atomic E-state index is 11.8. The van der Waals surface area contributed by atoms with E-state index in [0.717, 1.165) is 37.2 Å². The van der Waals surface area contributed by atoms with Gasteiger partial charge in [-0.3, -0.25) is 4.90 Å². The van der Waals surface area contributed by atoms with Crippen molar-refractivity contribution >= 4 is 21.9 Å². The summed E-state index contributed by atoms with van der Waals surface area (Å²) >= 11 is 3.36. The van der Waals surface area contributed by atoms with Crippen LogP contribution in [-0.4, -0.2) is 63.4 Å². The Balaban J connectivity index is 1.66. The summed E-state index contributed by atoms with van der Waals surface area (Å²) in [7, 11) is 2.14. The Morgan fingerprint density at radius 3 is 2.59 bits per heavy atom. The Kier molecular flexibility index (Phi) is 6.67. The Bertz CT molecular complexity index is 473. The number of carbonyl (C=O) groups is 1. The number of quaternary nitrogens is 1. The molecule has 1 aromatic rings. The maximum Gasteiger partial charge on any atom is 0.344 e. The fourth-order valence-corrected chi connectivity index (χ4v) is 2.78. The lowest BCUT2D eigenvalue weighted by Crippen LogP contribution is -3.15. The molecule has 1 fully saturated rings. The number of ether oxygens (including phenoxy) is 2. The van der Waals surface area contributed by atoms with Gasteiger partial charge in [0, 0.05) is 17.6 Å². The predicted molar refractivity (Wildman–Crippen MR) is 88.3 cm³/mol. The molecule has 1 heterocycles. The van der Waals surface area contributed by atoms with Gasteiger partial charge in [0.15, 0.2) is 6.61 Å². The van der Waals surface area contributed by atoms with Gasteiger partial charge in [-0.15, -0.1) is 0 Å². The molecule has 6 heteroatoms. The molecule has 0 saturated carbocycles. The molecule has 5 nitrogen and oxygen atoms in total. The lowest BCUT2D eigenvalue weighted by molar-refractivity contribution is -0.907. The Hall–Kier alpha value is -1.11. The Labute approximate surface area is 140 Å². The van der Waals surface area contributed by atoms with Crippen molar-refractivity contribution in [3.05, 3.63) is 28.7 Å². The Morgan fingerprint density at radius 1 is 1.32 bits per heavy atom. The van der Waals surface area contributed by atoms with E-state index in [1.807, 2.05) is 31.2 Å². The molecule has 0 bridgehead atoms. The molecule has 22 heavy (non-hydrogen) atoms. The molecule has 1 unspecified atom stereocenters. The molecular formula is C16H24BrN2O3+. The quantitative estimate of drug-likeness (QED) is 0.743. The van der Waals surface area contributed by atoms with Crippen LogP contribution in [0.25, 0.3) is 0 Å². The van der Waals surface area contributed by atoms with Gasteiger partial charge < -0.3 is 14.4 Å². The number of rotatable bonds is 6. The van der Waals surface area contributed by atoms with E-state index in [1.54, 1.807) is 0 Å². The standard InChI is InChI=1S/C16H23BrN2O3/c1-13(11-19-9-7-18(2)8-10-19)22-16(20)12-21-15-5-3-14(17)4-6-15/h3-6,13H,7-12H2,1-2H3/p+1. The lowest BCUT2D eigenvalue weighted by atomic mass is 10.3. The zero-order valence-corrected chi connectivity index (χ0v) is 14.8. The first-order chi connectivity index (χ1) is 10.5. The van der Waals surface area contributed by atoms with E-state index in [0.29, 0.717) is 5.75 Å². The van der Waals surface area contributed by atoms with E-state index < -0.39 is 0 Å². The van der Waals surface area contributed by atoms with Gasteiger partial charge in [0.2, 0.25) is 0 Å². The van der Waals surface area contributed by atoms with Gasteiger partial charge in [-0.25, -0.2) is 4.79 Å². The lowest BCUT2D eigenvalue weighted by Gasteiger charge is -2.30. The number of nitrogens with one attached hydrogen (secondary N) is 1. The minimum absolute atomic E-state index is 0.0515. The smallest absolute Gasteiger partial charge is 0.344 e. The number of carbonyl (C=O) groups excluding carboxylic acids is 1. The number of halogens is 1. The van der Waals surface area contributed by atoms with Gasteiger partial charge >= 0.3 is 5.97 Å². The minimum atomic E-state index is -0.316. The highest BCUT2D eigenvalue weighted by Gasteiger charge is 2.21. The molecule has 2 rings (SSSR count). The van der Waals surface area contributed by atoms with Crippen LogP contribution in [0.4, 0.5) is 0 Å². The summed E-state index contributed by atoms with van der Waals surface area (Å²) in [5.74, 6) is 0.349. The number of hydrogen-bond donors (Lipinski definition) is 1. The number of benzene rings is 1. The van der Waals surface area contributed by atoms with Crippen molar-refractivity contribution < 1.29 is 19.2 Å². The average molecular weight is 372 g/mol. The van der Waals surface area contributed by atoms with Crippen LogP contribution < -0.4 is 9.64 Å². The third-order valence-corrected chi connectivity index (χ3v) is 4.30. The molecule has 0 amide bonds. The van der Waals surface area contributed by atoms with E-state index in [4.69, 9.17) is 9.47 Å². The molecule has 1 saturated heterocycles. The van der Waals surface area contributed by atoms with Crippen LogP contribution in [0.5, 0.6) is 5.75 Å². The van der Waals surface area contributed by atoms with Crippen LogP contribution in [-0.2, 0) is 9.53 Å². The summed E-state index contributed by atoms with van der Waals surface area (Å²) in [4.78, 5) is 15.6. The van der Waals surface area contributed by atoms with Crippen molar-refractivity contribution in [1.29, 1.82) is 0 Å². The van der Waals surface area contributed by atoms with Gasteiger partial charge in [-0.2, -0.15) is 0 Å². The van der Waals surface area contributed by atoms with E-state index in [2.05, 4.69) is 27.9 Å². The average Bonchev–Trinajstić information content (AvgIpc) is 2.49. The van der Waals surface area contributed by atoms with Gasteiger partial charge in [-0.1, -0.05) is 15.9 Å². The third kappa shape index (κ3) is 5.94. The van der Waals surface area contributed by atoms with Crippen LogP contribution in [0.15, 0.2) is 28.7 Å². The predicted octanol–water partition coefficient (Wildman–Crippen LogP) is 0.590. The molecule has 1 aromatic carbocycles. The van der Waals surface area contributed by atoms with Gasteiger partial charge in [0.25, 0.3) is 0 Å². The summed E-state index contributed by atoms with van der Waals surface area (Å²) in [5, 5.41) is 0. The number of likely N-dealkylation sites (N-methyl/N-ethyl adjacent to an activating group) is 1. The molecule has 1 N–H and O–H groups in total. The van der Waals surface area contributed by atoms with Crippen molar-refractivity contribution in [2.24, 2.45) is 0 Å². The first kappa shape index (κ1) is 17.2. The largest absolute Gasteiger partial charge is 0.482 e. The van der Waals surface area contributed by atoms with E-state index >= 15 is 0 Å². The van der Waals surface area contributed by atoms with Crippen molar-refractivity contribution in [1.82, 2.24) is 4.90 Å². The fraction of sp³-hybridized carbons (Fsp3) is 0.562. The SMILES string of the molecule is CC(C[NH+]1CCN(C)CC1)OC(=O)COc1ccc(Br)cc1. The number of hydrogen-bond acceptors (Lipinski definition) is 4. The molecule has 0 aliphatic carbocycles. The highest BCUT2D eigenvalue weighted by atomic mass is 79.9. The van der Waals surface area contributed by atoms with Crippen molar-refractivity contribution in [2.75, 3.05) is 46.4 Å². The van der Waals surface area contributed by atoms with Crippen LogP contribution in [0.1, 0.15) is 6.92 Å². The number of piperazine rings is 1. The zero-order valence-electron chi connectivity index (χ0n) is 13.2. The maximum absolute atomic E-state index is 11.8. The zero-order chi connectivity index (χ0) is 15.9. The summed E-state index contributed by atoms with van der Waals surface area (Å²) in [5.41, 5.74) is 0. The Morgan fingerprint density at radius 2 is 1.95 bits per heavy atom. The van der Waals surface area contributed by atoms with Crippen molar-refractivity contribution in [2.45, 2.75) is 13.0 Å². The molecule has 1 aliphatic heterocycles. The fourth-order valence-electron chi connectivity index (χ4n) is 2.52. The molecule has 1 atom stereocenters. The van der Waals surface area contributed by atoms with Crippen LogP contribution in [0.3, 0.4) is 0 Å². The third-order valence-electron chi connectivity index (χ3n) is 3.77. The first-order valence-corrected chi connectivity index (χ1v) is 8.42. The van der Waals surface area contributed by atoms with Gasteiger partial charge in [-0.05, 0) is 38.2 Å². The monoisotopic (exact) mass is 371 g/mol. The van der Waals surface area contributed by atoms with E-state index in [1.165, 1.54) is 4.90 Å². The molecule has 1 aliphatic rings. The van der Waals surface area contributed by atoms with Crippen molar-refractivity contribution in [3.8, 4) is 5.75 Å². The van der Waals surface area contributed by atoms with Gasteiger partial charge in [0.05, 0.1) is 13.1 Å². The summed E-state index contributed by atoms with van der Waals surface area (Å²) in [6.45, 7) is 7.16. The summed E-state index contributed by atoms with van der Waals surface area (Å²) < 4.78 is 11.8. The minimum Gasteiger partial charge on any atom is -0.482 e. The van der Waals surface area contributed by atoms with Crippen LogP contribution >= 0.6 is 15.9 Å². The van der Waals surface area contributed by atoms with E-state index in [9.17, 15) is 4.79 Å². The molecule has 122 valence electrons. The summed E-state index contributed by atoms with van der Waals surface area (Å²) in [6.07, 6.45) is -0.0839. The van der Waals surface area contributed by atoms with Crippen LogP contribution in [0.2, 0.25) is 0 Å². The topological polar surface area (TPSA) is 43.2 Å². The highest BCUT2D eigenvalue weighted by Crippen LogP contribution is 2.15. The van der Waals surface area contributed by atoms with E-state index in [-0.39, 0.29) is 18.7 Å². The second-order valence-electron chi connectivity index (χ2n) is 5.80. The normalized spacial score (nSPS) is 18.0. The van der Waals surface area contributed by atoms with Crippen molar-refractivity contribution in [3.63, 3.8) is 0 Å². The first-order valence-electron chi connectivity index (χ1n) is 7.63. The molecule has 0 radical (unpaired) electrons. The van der Waals surface area contributed by atoms with Crippen LogP contribution in [0, 0.1) is 0 Å². The molecule has 0 aromatic heterocycles. The summed E-state index contributed by atoms with van der Waals surface area (Å²) in [6, 6.07) is 7.38.